The molecule has 22 heavy (non-hydrogen) atoms. The van der Waals surface area contributed by atoms with Crippen LogP contribution in [-0.2, 0) is 14.8 Å². The minimum Gasteiger partial charge on any atom is -0.461 e. The first-order chi connectivity index (χ1) is 10.4. The van der Waals surface area contributed by atoms with Gasteiger partial charge in [-0.2, -0.15) is 0 Å². The van der Waals surface area contributed by atoms with Gasteiger partial charge in [0.25, 0.3) is 15.7 Å². The van der Waals surface area contributed by atoms with Gasteiger partial charge in [0.1, 0.15) is 5.69 Å². The summed E-state index contributed by atoms with van der Waals surface area (Å²) >= 11 is 0. The van der Waals surface area contributed by atoms with Gasteiger partial charge in [-0.25, -0.2) is 17.2 Å². The van der Waals surface area contributed by atoms with Crippen LogP contribution in [0.5, 0.6) is 0 Å². The predicted octanol–water partition coefficient (Wildman–Crippen LogP) is 1.81. The van der Waals surface area contributed by atoms with E-state index in [-0.39, 0.29) is 22.9 Å². The second-order valence-electron chi connectivity index (χ2n) is 4.17. The SMILES string of the molecule is CCOC(=O)c1cccn1S(=O)(=O)c1ccc([N+](=O)[O-])cc1. The second-order valence-corrected chi connectivity index (χ2v) is 5.98. The molecule has 0 bridgehead atoms. The van der Waals surface area contributed by atoms with Gasteiger partial charge < -0.3 is 4.74 Å². The van der Waals surface area contributed by atoms with Crippen molar-refractivity contribution in [3.8, 4) is 0 Å². The molecule has 0 aliphatic carbocycles. The van der Waals surface area contributed by atoms with E-state index in [1.807, 2.05) is 0 Å². The number of aromatic nitrogens is 1. The lowest BCUT2D eigenvalue weighted by Crippen LogP contribution is -2.19. The maximum Gasteiger partial charge on any atom is 0.355 e. The fourth-order valence-corrected chi connectivity index (χ4v) is 3.12. The Kier molecular flexibility index (Phi) is 4.27. The number of rotatable bonds is 5. The standard InChI is InChI=1S/C13H12N2O6S/c1-2-21-13(16)12-4-3-9-14(12)22(19,20)11-7-5-10(6-8-11)15(17)18/h3-9H,2H2,1H3. The van der Waals surface area contributed by atoms with E-state index in [4.69, 9.17) is 4.74 Å². The number of esters is 1. The topological polar surface area (TPSA) is 109 Å². The van der Waals surface area contributed by atoms with Crippen LogP contribution in [0, 0.1) is 10.1 Å². The molecule has 2 aromatic rings. The summed E-state index contributed by atoms with van der Waals surface area (Å²) in [5, 5.41) is 10.6. The molecule has 2 rings (SSSR count). The Morgan fingerprint density at radius 2 is 1.91 bits per heavy atom. The van der Waals surface area contributed by atoms with Gasteiger partial charge >= 0.3 is 5.97 Å². The summed E-state index contributed by atoms with van der Waals surface area (Å²) in [5.74, 6) is -0.766. The van der Waals surface area contributed by atoms with Crippen LogP contribution in [0.25, 0.3) is 0 Å². The monoisotopic (exact) mass is 324 g/mol. The summed E-state index contributed by atoms with van der Waals surface area (Å²) in [4.78, 5) is 21.6. The third-order valence-electron chi connectivity index (χ3n) is 2.80. The summed E-state index contributed by atoms with van der Waals surface area (Å²) in [6, 6.07) is 7.11. The molecule has 0 saturated carbocycles. The molecule has 0 saturated heterocycles. The molecule has 0 unspecified atom stereocenters. The molecule has 0 fully saturated rings. The van der Waals surface area contributed by atoms with Crippen LogP contribution in [0.4, 0.5) is 5.69 Å². The minimum absolute atomic E-state index is 0.113. The molecule has 9 heteroatoms. The van der Waals surface area contributed by atoms with Gasteiger partial charge in [0.05, 0.1) is 16.4 Å². The van der Waals surface area contributed by atoms with Crippen molar-refractivity contribution < 1.29 is 22.9 Å². The quantitative estimate of drug-likeness (QED) is 0.471. The highest BCUT2D eigenvalue weighted by Crippen LogP contribution is 2.20. The second kappa shape index (κ2) is 5.98. The molecule has 1 aromatic heterocycles. The van der Waals surface area contributed by atoms with Gasteiger partial charge in [-0.05, 0) is 31.2 Å². The maximum atomic E-state index is 12.5. The summed E-state index contributed by atoms with van der Waals surface area (Å²) in [5.41, 5.74) is -0.364. The first kappa shape index (κ1) is 15.7. The average molecular weight is 324 g/mol. The molecule has 0 aliphatic rings. The molecule has 1 aromatic carbocycles. The van der Waals surface area contributed by atoms with Gasteiger partial charge in [-0.1, -0.05) is 0 Å². The Labute approximate surface area is 126 Å². The Morgan fingerprint density at radius 3 is 2.45 bits per heavy atom. The number of carbonyl (C=O) groups excluding carboxylic acids is 1. The third-order valence-corrected chi connectivity index (χ3v) is 4.51. The van der Waals surface area contributed by atoms with Crippen molar-refractivity contribution in [2.24, 2.45) is 0 Å². The van der Waals surface area contributed by atoms with E-state index < -0.39 is 20.9 Å². The minimum atomic E-state index is -4.04. The highest BCUT2D eigenvalue weighted by Gasteiger charge is 2.23. The number of nitro groups is 1. The Hall–Kier alpha value is -2.68. The van der Waals surface area contributed by atoms with Gasteiger partial charge in [-0.15, -0.1) is 0 Å². The Bertz CT molecular complexity index is 807. The zero-order valence-electron chi connectivity index (χ0n) is 11.5. The van der Waals surface area contributed by atoms with Crippen molar-refractivity contribution >= 4 is 21.7 Å². The maximum absolute atomic E-state index is 12.5. The number of carbonyl (C=O) groups is 1. The Balaban J connectivity index is 2.45. The van der Waals surface area contributed by atoms with Gasteiger partial charge in [0.15, 0.2) is 0 Å². The number of nitrogens with zero attached hydrogens (tertiary/aromatic N) is 2. The van der Waals surface area contributed by atoms with Crippen molar-refractivity contribution in [3.05, 3.63) is 58.4 Å². The van der Waals surface area contributed by atoms with E-state index in [1.54, 1.807) is 6.92 Å². The first-order valence-corrected chi connectivity index (χ1v) is 7.66. The van der Waals surface area contributed by atoms with Crippen LogP contribution in [0.3, 0.4) is 0 Å². The zero-order valence-corrected chi connectivity index (χ0v) is 12.3. The molecule has 1 heterocycles. The smallest absolute Gasteiger partial charge is 0.355 e. The third kappa shape index (κ3) is 2.84. The summed E-state index contributed by atoms with van der Waals surface area (Å²) < 4.78 is 30.6. The number of hydrogen-bond acceptors (Lipinski definition) is 6. The number of hydrogen-bond donors (Lipinski definition) is 0. The molecule has 0 atom stereocenters. The fourth-order valence-electron chi connectivity index (χ4n) is 1.79. The van der Waals surface area contributed by atoms with E-state index in [2.05, 4.69) is 0 Å². The van der Waals surface area contributed by atoms with Crippen LogP contribution in [0.15, 0.2) is 47.5 Å². The van der Waals surface area contributed by atoms with E-state index in [0.717, 1.165) is 28.2 Å². The fraction of sp³-hybridized carbons (Fsp3) is 0.154. The molecule has 0 radical (unpaired) electrons. The van der Waals surface area contributed by atoms with E-state index in [9.17, 15) is 23.3 Å². The number of non-ortho nitro benzene ring substituents is 1. The Morgan fingerprint density at radius 1 is 1.27 bits per heavy atom. The van der Waals surface area contributed by atoms with E-state index >= 15 is 0 Å². The van der Waals surface area contributed by atoms with Crippen molar-refractivity contribution in [2.75, 3.05) is 6.61 Å². The number of benzene rings is 1. The highest BCUT2D eigenvalue weighted by atomic mass is 32.2. The molecule has 116 valence electrons. The van der Waals surface area contributed by atoms with Crippen LogP contribution in [0.2, 0.25) is 0 Å². The van der Waals surface area contributed by atoms with Crippen molar-refractivity contribution in [1.82, 2.24) is 3.97 Å². The molecular weight excluding hydrogens is 312 g/mol. The van der Waals surface area contributed by atoms with Crippen molar-refractivity contribution in [2.45, 2.75) is 11.8 Å². The van der Waals surface area contributed by atoms with Gasteiger partial charge in [-0.3, -0.25) is 10.1 Å². The molecule has 0 N–H and O–H groups in total. The summed E-state index contributed by atoms with van der Waals surface area (Å²) in [7, 11) is -4.04. The lowest BCUT2D eigenvalue weighted by Gasteiger charge is -2.09. The van der Waals surface area contributed by atoms with Gasteiger partial charge in [0.2, 0.25) is 0 Å². The normalized spacial score (nSPS) is 11.1. The van der Waals surface area contributed by atoms with E-state index in [0.29, 0.717) is 0 Å². The molecule has 0 aliphatic heterocycles. The largest absolute Gasteiger partial charge is 0.461 e. The summed E-state index contributed by atoms with van der Waals surface area (Å²) in [6.45, 7) is 1.72. The van der Waals surface area contributed by atoms with Crippen LogP contribution in [0.1, 0.15) is 17.4 Å². The lowest BCUT2D eigenvalue weighted by molar-refractivity contribution is -0.384. The molecule has 0 amide bonds. The average Bonchev–Trinajstić information content (AvgIpc) is 2.98. The summed E-state index contributed by atoms with van der Waals surface area (Å²) in [6.07, 6.45) is 1.21. The first-order valence-electron chi connectivity index (χ1n) is 6.22. The van der Waals surface area contributed by atoms with Gasteiger partial charge in [0, 0.05) is 18.3 Å². The van der Waals surface area contributed by atoms with Crippen LogP contribution >= 0.6 is 0 Å². The highest BCUT2D eigenvalue weighted by molar-refractivity contribution is 7.90. The lowest BCUT2D eigenvalue weighted by atomic mass is 10.3. The van der Waals surface area contributed by atoms with Crippen LogP contribution < -0.4 is 0 Å². The number of nitro benzene ring substituents is 1. The van der Waals surface area contributed by atoms with Crippen molar-refractivity contribution in [3.63, 3.8) is 0 Å². The zero-order chi connectivity index (χ0) is 16.3. The van der Waals surface area contributed by atoms with Crippen molar-refractivity contribution in [1.29, 1.82) is 0 Å². The van der Waals surface area contributed by atoms with E-state index in [1.165, 1.54) is 18.3 Å². The molecular formula is C13H12N2O6S. The number of ether oxygens (including phenoxy) is 1. The van der Waals surface area contributed by atoms with Crippen LogP contribution in [-0.4, -0.2) is 29.9 Å². The molecule has 0 spiro atoms. The predicted molar refractivity (Wildman–Crippen MR) is 76.1 cm³/mol. The molecule has 8 nitrogen and oxygen atoms in total.